The number of hydrogen-bond acceptors (Lipinski definition) is 4. The van der Waals surface area contributed by atoms with E-state index in [0.717, 1.165) is 19.1 Å². The molecule has 0 aromatic heterocycles. The van der Waals surface area contributed by atoms with Gasteiger partial charge in [0.2, 0.25) is 0 Å². The van der Waals surface area contributed by atoms with Crippen molar-refractivity contribution in [1.82, 2.24) is 0 Å². The fourth-order valence-electron chi connectivity index (χ4n) is 1.21. The topological polar surface area (TPSA) is 69.4 Å². The molecule has 7 heteroatoms. The molecule has 0 unspecified atom stereocenters. The van der Waals surface area contributed by atoms with E-state index in [0.29, 0.717) is 0 Å². The Morgan fingerprint density at radius 3 is 2.65 bits per heavy atom. The third-order valence-electron chi connectivity index (χ3n) is 1.92. The predicted octanol–water partition coefficient (Wildman–Crippen LogP) is 2.44. The third-order valence-corrected chi connectivity index (χ3v) is 1.92. The monoisotopic (exact) mass is 245 g/mol. The van der Waals surface area contributed by atoms with Crippen LogP contribution in [0.25, 0.3) is 0 Å². The summed E-state index contributed by atoms with van der Waals surface area (Å²) in [5, 5.41) is 10.6. The average molecular weight is 245 g/mol. The molecule has 0 saturated carbocycles. The number of nitro groups is 1. The van der Waals surface area contributed by atoms with Gasteiger partial charge >= 0.3 is 0 Å². The van der Waals surface area contributed by atoms with Crippen LogP contribution in [0.15, 0.2) is 18.2 Å². The van der Waals surface area contributed by atoms with E-state index in [1.54, 1.807) is 0 Å². The zero-order valence-electron chi connectivity index (χ0n) is 8.85. The zero-order chi connectivity index (χ0) is 13.0. The van der Waals surface area contributed by atoms with Crippen LogP contribution in [0, 0.1) is 10.1 Å². The largest absolute Gasteiger partial charge is 0.488 e. The summed E-state index contributed by atoms with van der Waals surface area (Å²) in [6, 6.07) is 3.31. The van der Waals surface area contributed by atoms with Crippen molar-refractivity contribution in [2.45, 2.75) is 13.3 Å². The molecule has 0 aliphatic rings. The van der Waals surface area contributed by atoms with Crippen molar-refractivity contribution in [3.8, 4) is 5.75 Å². The molecule has 0 saturated heterocycles. The Labute approximate surface area is 95.2 Å². The summed E-state index contributed by atoms with van der Waals surface area (Å²) < 4.78 is 28.4. The number of rotatable bonds is 5. The molecule has 1 rings (SSSR count). The summed E-state index contributed by atoms with van der Waals surface area (Å²) in [4.78, 5) is 21.0. The van der Waals surface area contributed by atoms with Crippen molar-refractivity contribution in [2.75, 3.05) is 6.61 Å². The van der Waals surface area contributed by atoms with Crippen molar-refractivity contribution in [3.05, 3.63) is 33.9 Å². The number of nitrogens with zero attached hydrogens (tertiary/aromatic N) is 1. The van der Waals surface area contributed by atoms with Crippen LogP contribution in [0.1, 0.15) is 17.3 Å². The van der Waals surface area contributed by atoms with Crippen molar-refractivity contribution < 1.29 is 23.2 Å². The van der Waals surface area contributed by atoms with Gasteiger partial charge in [-0.05, 0) is 19.1 Å². The second-order valence-electron chi connectivity index (χ2n) is 3.19. The summed E-state index contributed by atoms with van der Waals surface area (Å²) >= 11 is 0. The third kappa shape index (κ3) is 3.47. The van der Waals surface area contributed by atoms with Crippen LogP contribution < -0.4 is 4.74 Å². The minimum absolute atomic E-state index is 0.00102. The lowest BCUT2D eigenvalue weighted by atomic mass is 10.1. The number of benzene rings is 1. The van der Waals surface area contributed by atoms with Gasteiger partial charge in [-0.2, -0.15) is 0 Å². The summed E-state index contributed by atoms with van der Waals surface area (Å²) in [7, 11) is 0. The number of nitro benzene ring substituents is 1. The number of ether oxygens (including phenoxy) is 1. The molecule has 17 heavy (non-hydrogen) atoms. The highest BCUT2D eigenvalue weighted by molar-refractivity contribution is 5.98. The maximum absolute atomic E-state index is 11.9. The van der Waals surface area contributed by atoms with Crippen molar-refractivity contribution in [3.63, 3.8) is 0 Å². The molecule has 0 N–H and O–H groups in total. The summed E-state index contributed by atoms with van der Waals surface area (Å²) in [5.41, 5.74) is -0.538. The number of Topliss-reactive ketones (excluding diaryl/α,β-unsaturated/α-hetero) is 1. The standard InChI is InChI=1S/C10H9F2NO4/c1-6(14)8-4-7(17-5-10(11)12)2-3-9(8)13(15)16/h2-4,10H,5H2,1H3. The maximum atomic E-state index is 11.9. The molecule has 92 valence electrons. The Morgan fingerprint density at radius 2 is 2.18 bits per heavy atom. The molecule has 0 spiro atoms. The molecule has 1 aromatic rings. The highest BCUT2D eigenvalue weighted by Crippen LogP contribution is 2.24. The van der Waals surface area contributed by atoms with Crippen molar-refractivity contribution in [1.29, 1.82) is 0 Å². The lowest BCUT2D eigenvalue weighted by Gasteiger charge is -2.06. The molecular weight excluding hydrogens is 236 g/mol. The molecule has 0 heterocycles. The van der Waals surface area contributed by atoms with E-state index in [2.05, 4.69) is 4.74 Å². The van der Waals surface area contributed by atoms with E-state index in [9.17, 15) is 23.7 Å². The van der Waals surface area contributed by atoms with Gasteiger partial charge in [0.1, 0.15) is 12.4 Å². The normalized spacial score (nSPS) is 10.4. The van der Waals surface area contributed by atoms with Crippen LogP contribution in [0.3, 0.4) is 0 Å². The Morgan fingerprint density at radius 1 is 1.53 bits per heavy atom. The fourth-order valence-corrected chi connectivity index (χ4v) is 1.21. The van der Waals surface area contributed by atoms with Crippen LogP contribution in [0.5, 0.6) is 5.75 Å². The number of carbonyl (C=O) groups is 1. The maximum Gasteiger partial charge on any atom is 0.280 e. The molecule has 1 aromatic carbocycles. The van der Waals surface area contributed by atoms with Gasteiger partial charge in [0.25, 0.3) is 12.1 Å². The zero-order valence-corrected chi connectivity index (χ0v) is 8.85. The molecule has 0 fully saturated rings. The lowest BCUT2D eigenvalue weighted by molar-refractivity contribution is -0.385. The Kier molecular flexibility index (Phi) is 4.08. The summed E-state index contributed by atoms with van der Waals surface area (Å²) in [6.07, 6.45) is -2.65. The molecule has 0 amide bonds. The Balaban J connectivity index is 3.02. The Bertz CT molecular complexity index is 448. The fraction of sp³-hybridized carbons (Fsp3) is 0.300. The second kappa shape index (κ2) is 5.33. The van der Waals surface area contributed by atoms with Crippen LogP contribution in [0.4, 0.5) is 14.5 Å². The average Bonchev–Trinajstić information content (AvgIpc) is 2.25. The minimum atomic E-state index is -2.65. The van der Waals surface area contributed by atoms with Gasteiger partial charge in [-0.1, -0.05) is 0 Å². The number of hydrogen-bond donors (Lipinski definition) is 0. The van der Waals surface area contributed by atoms with Crippen LogP contribution in [-0.4, -0.2) is 23.7 Å². The van der Waals surface area contributed by atoms with Crippen LogP contribution in [0.2, 0.25) is 0 Å². The molecule has 0 radical (unpaired) electrons. The molecular formula is C10H9F2NO4. The van der Waals surface area contributed by atoms with Crippen LogP contribution in [-0.2, 0) is 0 Å². The number of ketones is 1. The molecule has 0 bridgehead atoms. The van der Waals surface area contributed by atoms with Gasteiger partial charge in [-0.3, -0.25) is 14.9 Å². The smallest absolute Gasteiger partial charge is 0.280 e. The van der Waals surface area contributed by atoms with E-state index >= 15 is 0 Å². The second-order valence-corrected chi connectivity index (χ2v) is 3.19. The first-order valence-corrected chi connectivity index (χ1v) is 4.62. The highest BCUT2D eigenvalue weighted by atomic mass is 19.3. The van der Waals surface area contributed by atoms with Crippen molar-refractivity contribution >= 4 is 11.5 Å². The van der Waals surface area contributed by atoms with Gasteiger partial charge in [-0.15, -0.1) is 0 Å². The first-order chi connectivity index (χ1) is 7.91. The van der Waals surface area contributed by atoms with Crippen LogP contribution >= 0.6 is 0 Å². The first-order valence-electron chi connectivity index (χ1n) is 4.62. The number of halogens is 2. The highest BCUT2D eigenvalue weighted by Gasteiger charge is 2.18. The van der Waals surface area contributed by atoms with E-state index in [1.807, 2.05) is 0 Å². The quantitative estimate of drug-likeness (QED) is 0.454. The van der Waals surface area contributed by atoms with Gasteiger partial charge in [0, 0.05) is 6.07 Å². The van der Waals surface area contributed by atoms with Crippen molar-refractivity contribution in [2.24, 2.45) is 0 Å². The van der Waals surface area contributed by atoms with E-state index < -0.39 is 23.7 Å². The molecule has 0 aliphatic carbocycles. The van der Waals surface area contributed by atoms with E-state index in [-0.39, 0.29) is 17.0 Å². The summed E-state index contributed by atoms with van der Waals surface area (Å²) in [6.45, 7) is 0.328. The molecule has 0 aliphatic heterocycles. The Hall–Kier alpha value is -2.05. The molecule has 5 nitrogen and oxygen atoms in total. The van der Waals surface area contributed by atoms with Gasteiger partial charge < -0.3 is 4.74 Å². The predicted molar refractivity (Wildman–Crippen MR) is 54.6 cm³/mol. The van der Waals surface area contributed by atoms with Gasteiger partial charge in [0.15, 0.2) is 5.78 Å². The van der Waals surface area contributed by atoms with Gasteiger partial charge in [-0.25, -0.2) is 8.78 Å². The first kappa shape index (κ1) is 13.0. The minimum Gasteiger partial charge on any atom is -0.488 e. The lowest BCUT2D eigenvalue weighted by Crippen LogP contribution is -2.08. The van der Waals surface area contributed by atoms with E-state index in [4.69, 9.17) is 0 Å². The molecule has 0 atom stereocenters. The van der Waals surface area contributed by atoms with E-state index in [1.165, 1.54) is 6.07 Å². The number of carbonyl (C=O) groups excluding carboxylic acids is 1. The SMILES string of the molecule is CC(=O)c1cc(OCC(F)F)ccc1[N+](=O)[O-]. The van der Waals surface area contributed by atoms with Gasteiger partial charge in [0.05, 0.1) is 10.5 Å². The summed E-state index contributed by atoms with van der Waals surface area (Å²) in [5.74, 6) is -0.528. The number of alkyl halides is 2.